The maximum atomic E-state index is 13.3. The number of nitrogens with two attached hydrogens (primary N) is 1. The fourth-order valence-electron chi connectivity index (χ4n) is 2.09. The second kappa shape index (κ2) is 7.27. The fraction of sp³-hybridized carbons (Fsp3) is 0.562. The van der Waals surface area contributed by atoms with Gasteiger partial charge in [0.15, 0.2) is 0 Å². The highest BCUT2D eigenvalue weighted by atomic mass is 19.1. The Kier molecular flexibility index (Phi) is 5.99. The molecule has 0 saturated heterocycles. The Bertz CT molecular complexity index is 458. The van der Waals surface area contributed by atoms with Crippen molar-refractivity contribution in [3.8, 4) is 0 Å². The number of amides is 1. The van der Waals surface area contributed by atoms with Crippen molar-refractivity contribution in [2.24, 2.45) is 5.41 Å². The van der Waals surface area contributed by atoms with Crippen LogP contribution in [0.1, 0.15) is 56.8 Å². The molecule has 0 fully saturated rings. The zero-order valence-corrected chi connectivity index (χ0v) is 12.6. The number of carbonyl (C=O) groups excluding carboxylic acids is 1. The quantitative estimate of drug-likeness (QED) is 0.590. The molecule has 0 saturated carbocycles. The number of benzene rings is 1. The number of hydrogen-bond donors (Lipinski definition) is 2. The van der Waals surface area contributed by atoms with Crippen molar-refractivity contribution in [2.45, 2.75) is 46.5 Å². The summed E-state index contributed by atoms with van der Waals surface area (Å²) in [7, 11) is 0. The predicted octanol–water partition coefficient (Wildman–Crippen LogP) is 3.74. The largest absolute Gasteiger partial charge is 0.396 e. The zero-order chi connectivity index (χ0) is 15.2. The molecule has 3 N–H and O–H groups in total. The number of carbonyl (C=O) groups is 1. The predicted molar refractivity (Wildman–Crippen MR) is 81.1 cm³/mol. The van der Waals surface area contributed by atoms with E-state index in [1.165, 1.54) is 31.0 Å². The van der Waals surface area contributed by atoms with Gasteiger partial charge in [-0.1, -0.05) is 46.1 Å². The summed E-state index contributed by atoms with van der Waals surface area (Å²) >= 11 is 0. The molecule has 0 aliphatic carbocycles. The minimum Gasteiger partial charge on any atom is -0.396 e. The second-order valence-electron chi connectivity index (χ2n) is 6.01. The molecule has 0 aromatic heterocycles. The van der Waals surface area contributed by atoms with E-state index in [2.05, 4.69) is 26.1 Å². The maximum absolute atomic E-state index is 13.3. The van der Waals surface area contributed by atoms with Crippen molar-refractivity contribution in [3.05, 3.63) is 29.6 Å². The highest BCUT2D eigenvalue weighted by Crippen LogP contribution is 2.23. The third-order valence-corrected chi connectivity index (χ3v) is 3.48. The van der Waals surface area contributed by atoms with Crippen LogP contribution in [-0.2, 0) is 0 Å². The average molecular weight is 280 g/mol. The van der Waals surface area contributed by atoms with Gasteiger partial charge in [-0.25, -0.2) is 4.39 Å². The molecule has 1 aromatic carbocycles. The Labute approximate surface area is 120 Å². The van der Waals surface area contributed by atoms with Gasteiger partial charge in [0, 0.05) is 6.54 Å². The van der Waals surface area contributed by atoms with E-state index in [4.69, 9.17) is 5.73 Å². The summed E-state index contributed by atoms with van der Waals surface area (Å²) in [4.78, 5) is 12.0. The van der Waals surface area contributed by atoms with E-state index in [9.17, 15) is 9.18 Å². The van der Waals surface area contributed by atoms with Crippen LogP contribution in [0.15, 0.2) is 18.2 Å². The molecule has 0 radical (unpaired) electrons. The third-order valence-electron chi connectivity index (χ3n) is 3.48. The Morgan fingerprint density at radius 2 is 2.05 bits per heavy atom. The number of rotatable bonds is 7. The van der Waals surface area contributed by atoms with Gasteiger partial charge in [-0.05, 0) is 24.0 Å². The zero-order valence-electron chi connectivity index (χ0n) is 12.6. The first-order chi connectivity index (χ1) is 9.37. The molecule has 0 unspecified atom stereocenters. The van der Waals surface area contributed by atoms with Crippen molar-refractivity contribution < 1.29 is 9.18 Å². The molecule has 1 rings (SSSR count). The molecular formula is C16H25FN2O. The van der Waals surface area contributed by atoms with E-state index >= 15 is 0 Å². The number of nitrogen functional groups attached to an aromatic ring is 1. The highest BCUT2D eigenvalue weighted by Gasteiger charge is 2.20. The Morgan fingerprint density at radius 1 is 1.35 bits per heavy atom. The minimum absolute atomic E-state index is 0.0346. The SMILES string of the molecule is CCCCCC(C)(C)CNC(=O)c1cccc(F)c1N. The molecule has 0 spiro atoms. The van der Waals surface area contributed by atoms with Crippen molar-refractivity contribution in [2.75, 3.05) is 12.3 Å². The molecule has 112 valence electrons. The molecule has 0 aliphatic heterocycles. The lowest BCUT2D eigenvalue weighted by molar-refractivity contribution is 0.0934. The van der Waals surface area contributed by atoms with Crippen LogP contribution in [0.25, 0.3) is 0 Å². The van der Waals surface area contributed by atoms with E-state index in [0.717, 1.165) is 12.8 Å². The molecule has 1 amide bonds. The Hall–Kier alpha value is -1.58. The van der Waals surface area contributed by atoms with Crippen molar-refractivity contribution >= 4 is 11.6 Å². The van der Waals surface area contributed by atoms with Crippen molar-refractivity contribution in [1.82, 2.24) is 5.32 Å². The number of nitrogens with one attached hydrogen (secondary N) is 1. The lowest BCUT2D eigenvalue weighted by atomic mass is 9.87. The molecule has 4 heteroatoms. The molecule has 0 aliphatic rings. The second-order valence-corrected chi connectivity index (χ2v) is 6.01. The van der Waals surface area contributed by atoms with Gasteiger partial charge in [-0.2, -0.15) is 0 Å². The normalized spacial score (nSPS) is 11.4. The van der Waals surface area contributed by atoms with Gasteiger partial charge < -0.3 is 11.1 Å². The standard InChI is InChI=1S/C16H25FN2O/c1-4-5-6-10-16(2,3)11-19-15(20)12-8-7-9-13(17)14(12)18/h7-9H,4-6,10-11,18H2,1-3H3,(H,19,20). The highest BCUT2D eigenvalue weighted by molar-refractivity contribution is 5.99. The molecule has 0 atom stereocenters. The van der Waals surface area contributed by atoms with Crippen LogP contribution in [-0.4, -0.2) is 12.5 Å². The van der Waals surface area contributed by atoms with Crippen molar-refractivity contribution in [3.63, 3.8) is 0 Å². The first kappa shape index (κ1) is 16.5. The lowest BCUT2D eigenvalue weighted by Crippen LogP contribution is -2.34. The summed E-state index contributed by atoms with van der Waals surface area (Å²) in [6.45, 7) is 6.97. The van der Waals surface area contributed by atoms with Crippen molar-refractivity contribution in [1.29, 1.82) is 0 Å². The number of para-hydroxylation sites is 1. The van der Waals surface area contributed by atoms with Gasteiger partial charge in [0.1, 0.15) is 5.82 Å². The lowest BCUT2D eigenvalue weighted by Gasteiger charge is -2.25. The molecule has 3 nitrogen and oxygen atoms in total. The molecular weight excluding hydrogens is 255 g/mol. The Morgan fingerprint density at radius 3 is 2.70 bits per heavy atom. The average Bonchev–Trinajstić information content (AvgIpc) is 2.39. The fourth-order valence-corrected chi connectivity index (χ4v) is 2.09. The van der Waals surface area contributed by atoms with Gasteiger partial charge in [0.25, 0.3) is 5.91 Å². The van der Waals surface area contributed by atoms with Gasteiger partial charge in [-0.3, -0.25) is 4.79 Å². The van der Waals surface area contributed by atoms with Gasteiger partial charge in [0.05, 0.1) is 11.3 Å². The topological polar surface area (TPSA) is 55.1 Å². The summed E-state index contributed by atoms with van der Waals surface area (Å²) in [5, 5.41) is 2.85. The molecule has 0 heterocycles. The van der Waals surface area contributed by atoms with E-state index < -0.39 is 5.82 Å². The monoisotopic (exact) mass is 280 g/mol. The van der Waals surface area contributed by atoms with Crippen LogP contribution < -0.4 is 11.1 Å². The maximum Gasteiger partial charge on any atom is 0.253 e. The van der Waals surface area contributed by atoms with E-state index in [1.54, 1.807) is 0 Å². The van der Waals surface area contributed by atoms with Crippen LogP contribution in [0, 0.1) is 11.2 Å². The van der Waals surface area contributed by atoms with E-state index in [1.807, 2.05) is 0 Å². The summed E-state index contributed by atoms with van der Waals surface area (Å²) in [6, 6.07) is 4.28. The van der Waals surface area contributed by atoms with Gasteiger partial charge >= 0.3 is 0 Å². The Balaban J connectivity index is 2.56. The summed E-state index contributed by atoms with van der Waals surface area (Å²) in [5.74, 6) is -0.870. The summed E-state index contributed by atoms with van der Waals surface area (Å²) in [6.07, 6.45) is 4.59. The number of halogens is 1. The van der Waals surface area contributed by atoms with E-state index in [0.29, 0.717) is 6.54 Å². The molecule has 1 aromatic rings. The number of hydrogen-bond acceptors (Lipinski definition) is 2. The third kappa shape index (κ3) is 4.83. The van der Waals surface area contributed by atoms with Gasteiger partial charge in [-0.15, -0.1) is 0 Å². The smallest absolute Gasteiger partial charge is 0.253 e. The van der Waals surface area contributed by atoms with Crippen LogP contribution >= 0.6 is 0 Å². The first-order valence-corrected chi connectivity index (χ1v) is 7.19. The van der Waals surface area contributed by atoms with Gasteiger partial charge in [0.2, 0.25) is 0 Å². The minimum atomic E-state index is -0.556. The molecule has 20 heavy (non-hydrogen) atoms. The van der Waals surface area contributed by atoms with E-state index in [-0.39, 0.29) is 22.6 Å². The summed E-state index contributed by atoms with van der Waals surface area (Å²) in [5.41, 5.74) is 5.73. The van der Waals surface area contributed by atoms with Crippen LogP contribution in [0.2, 0.25) is 0 Å². The number of unbranched alkanes of at least 4 members (excludes halogenated alkanes) is 2. The first-order valence-electron chi connectivity index (χ1n) is 7.19. The molecule has 0 bridgehead atoms. The van der Waals surface area contributed by atoms with Crippen LogP contribution in [0.5, 0.6) is 0 Å². The summed E-state index contributed by atoms with van der Waals surface area (Å²) < 4.78 is 13.3. The van der Waals surface area contributed by atoms with Crippen LogP contribution in [0.3, 0.4) is 0 Å². The number of anilines is 1. The van der Waals surface area contributed by atoms with Crippen LogP contribution in [0.4, 0.5) is 10.1 Å².